The van der Waals surface area contributed by atoms with Crippen LogP contribution in [0, 0.1) is 0 Å². The maximum absolute atomic E-state index is 12.6. The number of thiophene rings is 1. The molecule has 120 valence electrons. The smallest absolute Gasteiger partial charge is 0.241 e. The molecule has 0 N–H and O–H groups in total. The van der Waals surface area contributed by atoms with Crippen LogP contribution in [0.25, 0.3) is 10.1 Å². The summed E-state index contributed by atoms with van der Waals surface area (Å²) in [5.41, 5.74) is 0. The largest absolute Gasteiger partial charge is 0.364 e. The Morgan fingerprint density at radius 1 is 1.22 bits per heavy atom. The number of fused-ring (bicyclic) bond motifs is 2. The van der Waals surface area contributed by atoms with E-state index >= 15 is 0 Å². The molecule has 23 heavy (non-hydrogen) atoms. The molecule has 3 atom stereocenters. The molecule has 0 unspecified atom stereocenters. The predicted molar refractivity (Wildman–Crippen MR) is 84.7 cm³/mol. The Labute approximate surface area is 137 Å². The second-order valence-corrected chi connectivity index (χ2v) is 7.32. The van der Waals surface area contributed by atoms with Gasteiger partial charge in [-0.2, -0.15) is 0 Å². The summed E-state index contributed by atoms with van der Waals surface area (Å²) < 4.78 is 17.9. The van der Waals surface area contributed by atoms with E-state index in [-0.39, 0.29) is 12.7 Å². The lowest BCUT2D eigenvalue weighted by atomic mass is 10.0. The van der Waals surface area contributed by atoms with Crippen molar-refractivity contribution in [3.8, 4) is 0 Å². The molecule has 2 aliphatic heterocycles. The van der Waals surface area contributed by atoms with Crippen molar-refractivity contribution in [3.63, 3.8) is 0 Å². The summed E-state index contributed by atoms with van der Waals surface area (Å²) in [4.78, 5) is 25.5. The maximum atomic E-state index is 12.6. The van der Waals surface area contributed by atoms with Gasteiger partial charge in [0, 0.05) is 4.70 Å². The van der Waals surface area contributed by atoms with Crippen LogP contribution in [0.1, 0.15) is 23.5 Å². The Morgan fingerprint density at radius 2 is 2.00 bits per heavy atom. The molecule has 6 heteroatoms. The summed E-state index contributed by atoms with van der Waals surface area (Å²) in [6.45, 7) is 3.85. The molecule has 0 bridgehead atoms. The van der Waals surface area contributed by atoms with Gasteiger partial charge in [-0.25, -0.2) is 0 Å². The second kappa shape index (κ2) is 5.21. The van der Waals surface area contributed by atoms with E-state index < -0.39 is 29.6 Å². The van der Waals surface area contributed by atoms with Gasteiger partial charge in [0.15, 0.2) is 11.9 Å². The van der Waals surface area contributed by atoms with Gasteiger partial charge in [-0.15, -0.1) is 11.3 Å². The van der Waals surface area contributed by atoms with Gasteiger partial charge >= 0.3 is 0 Å². The third-order valence-corrected chi connectivity index (χ3v) is 5.21. The van der Waals surface area contributed by atoms with Crippen LogP contribution < -0.4 is 0 Å². The molecule has 0 spiro atoms. The summed E-state index contributed by atoms with van der Waals surface area (Å²) >= 11 is 1.32. The molecule has 2 aliphatic rings. The molecule has 0 aliphatic carbocycles. The summed E-state index contributed by atoms with van der Waals surface area (Å²) in [7, 11) is 0. The van der Waals surface area contributed by atoms with E-state index in [2.05, 4.69) is 0 Å². The van der Waals surface area contributed by atoms with Gasteiger partial charge in [-0.3, -0.25) is 9.59 Å². The van der Waals surface area contributed by atoms with Gasteiger partial charge in [0.2, 0.25) is 11.6 Å². The van der Waals surface area contributed by atoms with Crippen LogP contribution in [-0.4, -0.2) is 42.3 Å². The minimum Gasteiger partial charge on any atom is -0.364 e. The number of Topliss-reactive ketones (excluding diaryl/α,β-unsaturated/α-hetero) is 2. The molecular formula is C17H16O5S. The van der Waals surface area contributed by atoms with Gasteiger partial charge < -0.3 is 14.2 Å². The minimum absolute atomic E-state index is 0.268. The third kappa shape index (κ3) is 2.52. The Hall–Kier alpha value is -1.60. The van der Waals surface area contributed by atoms with Crippen LogP contribution in [-0.2, 0) is 19.0 Å². The monoisotopic (exact) mass is 332 g/mol. The first-order chi connectivity index (χ1) is 10.9. The van der Waals surface area contributed by atoms with Gasteiger partial charge in [0.05, 0.1) is 11.5 Å². The minimum atomic E-state index is -0.889. The number of rotatable bonds is 3. The number of ether oxygens (including phenoxy) is 3. The summed E-state index contributed by atoms with van der Waals surface area (Å²) in [5, 5.41) is 0.959. The summed E-state index contributed by atoms with van der Waals surface area (Å²) in [6.07, 6.45) is -1.70. The average molecular weight is 332 g/mol. The molecule has 0 amide bonds. The Bertz CT molecular complexity index is 760. The third-order valence-electron chi connectivity index (χ3n) is 4.09. The molecule has 4 rings (SSSR count). The Balaban J connectivity index is 1.58. The number of carbonyl (C=O) groups excluding carboxylic acids is 2. The number of ketones is 2. The zero-order valence-electron chi connectivity index (χ0n) is 12.8. The highest BCUT2D eigenvalue weighted by atomic mass is 32.1. The van der Waals surface area contributed by atoms with Crippen LogP contribution in [0.2, 0.25) is 0 Å². The lowest BCUT2D eigenvalue weighted by Gasteiger charge is -2.20. The van der Waals surface area contributed by atoms with E-state index in [9.17, 15) is 9.59 Å². The maximum Gasteiger partial charge on any atom is 0.241 e. The van der Waals surface area contributed by atoms with Crippen molar-refractivity contribution in [1.82, 2.24) is 0 Å². The van der Waals surface area contributed by atoms with Crippen molar-refractivity contribution in [1.29, 1.82) is 0 Å². The molecule has 2 aromatic rings. The lowest BCUT2D eigenvalue weighted by molar-refractivity contribution is -0.176. The number of carbonyl (C=O) groups is 2. The first-order valence-corrected chi connectivity index (χ1v) is 8.31. The van der Waals surface area contributed by atoms with Gasteiger partial charge in [0.1, 0.15) is 12.2 Å². The topological polar surface area (TPSA) is 61.8 Å². The fraction of sp³-hybridized carbons (Fsp3) is 0.412. The fourth-order valence-corrected chi connectivity index (χ4v) is 4.12. The number of hydrogen-bond acceptors (Lipinski definition) is 6. The van der Waals surface area contributed by atoms with Crippen molar-refractivity contribution in [2.24, 2.45) is 0 Å². The molecular weight excluding hydrogens is 316 g/mol. The highest BCUT2D eigenvalue weighted by Crippen LogP contribution is 2.36. The predicted octanol–water partition coefficient (Wildman–Crippen LogP) is 2.57. The zero-order chi connectivity index (χ0) is 16.2. The van der Waals surface area contributed by atoms with Crippen molar-refractivity contribution in [2.75, 3.05) is 6.61 Å². The van der Waals surface area contributed by atoms with Crippen molar-refractivity contribution in [2.45, 2.75) is 37.9 Å². The van der Waals surface area contributed by atoms with Gasteiger partial charge in [-0.1, -0.05) is 18.2 Å². The Morgan fingerprint density at radius 3 is 2.78 bits per heavy atom. The van der Waals surface area contributed by atoms with Gasteiger partial charge in [0.25, 0.3) is 0 Å². The summed E-state index contributed by atoms with van der Waals surface area (Å²) in [6, 6.07) is 9.42. The van der Waals surface area contributed by atoms with Crippen LogP contribution in [0.5, 0.6) is 0 Å². The normalized spacial score (nSPS) is 28.9. The second-order valence-electron chi connectivity index (χ2n) is 6.23. The van der Waals surface area contributed by atoms with E-state index in [1.165, 1.54) is 11.3 Å². The average Bonchev–Trinajstić information content (AvgIpc) is 3.16. The molecule has 0 saturated carbocycles. The van der Waals surface area contributed by atoms with Crippen molar-refractivity contribution < 1.29 is 23.8 Å². The molecule has 3 heterocycles. The van der Waals surface area contributed by atoms with E-state index in [1.54, 1.807) is 19.9 Å². The molecule has 2 fully saturated rings. The van der Waals surface area contributed by atoms with E-state index in [1.807, 2.05) is 24.3 Å². The fourth-order valence-electron chi connectivity index (χ4n) is 3.11. The number of hydrogen-bond donors (Lipinski definition) is 0. The van der Waals surface area contributed by atoms with Crippen LogP contribution >= 0.6 is 11.3 Å². The lowest BCUT2D eigenvalue weighted by Crippen LogP contribution is -2.39. The molecule has 1 aromatic heterocycles. The molecule has 2 saturated heterocycles. The van der Waals surface area contributed by atoms with E-state index in [0.717, 1.165) is 10.1 Å². The van der Waals surface area contributed by atoms with E-state index in [4.69, 9.17) is 14.2 Å². The molecule has 5 nitrogen and oxygen atoms in total. The highest BCUT2D eigenvalue weighted by molar-refractivity contribution is 7.21. The first-order valence-electron chi connectivity index (χ1n) is 7.49. The van der Waals surface area contributed by atoms with Crippen LogP contribution in [0.15, 0.2) is 30.3 Å². The first kappa shape index (κ1) is 15.0. The van der Waals surface area contributed by atoms with Crippen LogP contribution in [0.3, 0.4) is 0 Å². The number of benzene rings is 1. The quantitative estimate of drug-likeness (QED) is 0.638. The van der Waals surface area contributed by atoms with E-state index in [0.29, 0.717) is 4.88 Å². The zero-order valence-corrected chi connectivity index (χ0v) is 13.6. The Kier molecular flexibility index (Phi) is 3.39. The SMILES string of the molecule is CC1(C)O[C@H]2[C@@H](C(=O)C(=O)c3cc4ccccc4s3)OC[C@H]2O1. The van der Waals surface area contributed by atoms with Crippen molar-refractivity contribution >= 4 is 33.0 Å². The van der Waals surface area contributed by atoms with Crippen LogP contribution in [0.4, 0.5) is 0 Å². The van der Waals surface area contributed by atoms with Crippen molar-refractivity contribution in [3.05, 3.63) is 35.2 Å². The standard InChI is InChI=1S/C17H16O5S/c1-17(2)21-10-8-20-16(15(10)22-17)14(19)13(18)12-7-9-5-3-4-6-11(9)23-12/h3-7,10,15-16H,8H2,1-2H3/t10-,15-,16-/m1/s1. The highest BCUT2D eigenvalue weighted by Gasteiger charge is 2.53. The summed E-state index contributed by atoms with van der Waals surface area (Å²) in [5.74, 6) is -1.84. The van der Waals surface area contributed by atoms with Gasteiger partial charge in [-0.05, 0) is 31.4 Å². The molecule has 1 aromatic carbocycles. The molecule has 0 radical (unpaired) electrons.